The first kappa shape index (κ1) is 12.9. The van der Waals surface area contributed by atoms with Gasteiger partial charge < -0.3 is 14.6 Å². The van der Waals surface area contributed by atoms with Gasteiger partial charge in [0.2, 0.25) is 0 Å². The summed E-state index contributed by atoms with van der Waals surface area (Å²) in [6, 6.07) is 6.86. The average Bonchev–Trinajstić information content (AvgIpc) is 2.89. The van der Waals surface area contributed by atoms with Gasteiger partial charge in [0.15, 0.2) is 0 Å². The molecule has 0 saturated carbocycles. The summed E-state index contributed by atoms with van der Waals surface area (Å²) in [6.07, 6.45) is 0.968. The van der Waals surface area contributed by atoms with Crippen LogP contribution in [0.2, 0.25) is 0 Å². The van der Waals surface area contributed by atoms with Crippen molar-refractivity contribution in [1.29, 1.82) is 0 Å². The Morgan fingerprint density at radius 1 is 1.42 bits per heavy atom. The highest BCUT2D eigenvalue weighted by Crippen LogP contribution is 2.27. The van der Waals surface area contributed by atoms with Gasteiger partial charge in [0.05, 0.1) is 25.9 Å². The number of hydrogen-bond acceptors (Lipinski definition) is 4. The predicted molar refractivity (Wildman–Crippen MR) is 72.3 cm³/mol. The maximum absolute atomic E-state index is 9.22. The lowest BCUT2D eigenvalue weighted by Gasteiger charge is -2.37. The molecule has 2 atom stereocenters. The Morgan fingerprint density at radius 3 is 3.16 bits per heavy atom. The maximum Gasteiger partial charge on any atom is 0.122 e. The molecule has 3 rings (SSSR count). The Labute approximate surface area is 113 Å². The van der Waals surface area contributed by atoms with E-state index in [0.29, 0.717) is 12.6 Å². The van der Waals surface area contributed by atoms with Gasteiger partial charge in [0, 0.05) is 25.6 Å². The third-order valence-corrected chi connectivity index (χ3v) is 3.98. The fourth-order valence-electron chi connectivity index (χ4n) is 2.78. The molecule has 104 valence electrons. The number of aliphatic hydroxyl groups is 1. The molecule has 0 bridgehead atoms. The SMILES string of the molecule is CC1COC(CO)CN1Cc1ccc2c(c1)CCO2. The van der Waals surface area contributed by atoms with Crippen LogP contribution in [0.5, 0.6) is 5.75 Å². The smallest absolute Gasteiger partial charge is 0.122 e. The molecule has 4 nitrogen and oxygen atoms in total. The van der Waals surface area contributed by atoms with Crippen LogP contribution in [0.25, 0.3) is 0 Å². The van der Waals surface area contributed by atoms with Crippen LogP contribution in [0, 0.1) is 0 Å². The summed E-state index contributed by atoms with van der Waals surface area (Å²) < 4.78 is 11.1. The van der Waals surface area contributed by atoms with E-state index in [4.69, 9.17) is 9.47 Å². The molecule has 1 saturated heterocycles. The Balaban J connectivity index is 1.69. The number of nitrogens with zero attached hydrogens (tertiary/aromatic N) is 1. The molecule has 1 aromatic rings. The van der Waals surface area contributed by atoms with Crippen LogP contribution in [-0.4, -0.2) is 48.5 Å². The number of rotatable bonds is 3. The Kier molecular flexibility index (Phi) is 3.73. The second-order valence-electron chi connectivity index (χ2n) is 5.46. The van der Waals surface area contributed by atoms with Gasteiger partial charge >= 0.3 is 0 Å². The monoisotopic (exact) mass is 263 g/mol. The van der Waals surface area contributed by atoms with Crippen molar-refractivity contribution in [1.82, 2.24) is 4.90 Å². The topological polar surface area (TPSA) is 41.9 Å². The predicted octanol–water partition coefficient (Wildman–Crippen LogP) is 1.20. The van der Waals surface area contributed by atoms with E-state index >= 15 is 0 Å². The number of hydrogen-bond donors (Lipinski definition) is 1. The molecule has 19 heavy (non-hydrogen) atoms. The first-order valence-electron chi connectivity index (χ1n) is 6.97. The molecule has 1 N–H and O–H groups in total. The van der Waals surface area contributed by atoms with Crippen LogP contribution in [0.3, 0.4) is 0 Å². The zero-order valence-electron chi connectivity index (χ0n) is 11.3. The fourth-order valence-corrected chi connectivity index (χ4v) is 2.78. The summed E-state index contributed by atoms with van der Waals surface area (Å²) in [5.41, 5.74) is 2.63. The van der Waals surface area contributed by atoms with E-state index in [-0.39, 0.29) is 12.7 Å². The molecular weight excluding hydrogens is 242 g/mol. The normalized spacial score (nSPS) is 27.1. The standard InChI is InChI=1S/C15H21NO3/c1-11-10-19-14(9-17)8-16(11)7-12-2-3-15-13(6-12)4-5-18-15/h2-3,6,11,14,17H,4-5,7-10H2,1H3. The first-order chi connectivity index (χ1) is 9.26. The molecule has 0 spiro atoms. The highest BCUT2D eigenvalue weighted by molar-refractivity contribution is 5.39. The van der Waals surface area contributed by atoms with Crippen molar-refractivity contribution in [2.24, 2.45) is 0 Å². The zero-order valence-corrected chi connectivity index (χ0v) is 11.3. The molecule has 0 radical (unpaired) electrons. The maximum atomic E-state index is 9.22. The highest BCUT2D eigenvalue weighted by Gasteiger charge is 2.25. The summed E-state index contributed by atoms with van der Waals surface area (Å²) in [5.74, 6) is 1.03. The summed E-state index contributed by atoms with van der Waals surface area (Å²) in [4.78, 5) is 2.38. The Hall–Kier alpha value is -1.10. The molecule has 1 fully saturated rings. The minimum absolute atomic E-state index is 0.0473. The molecule has 1 aromatic carbocycles. The van der Waals surface area contributed by atoms with Gasteiger partial charge in [-0.05, 0) is 24.1 Å². The van der Waals surface area contributed by atoms with E-state index in [9.17, 15) is 5.11 Å². The van der Waals surface area contributed by atoms with E-state index in [1.807, 2.05) is 0 Å². The van der Waals surface area contributed by atoms with E-state index in [2.05, 4.69) is 30.0 Å². The number of benzene rings is 1. The number of morpholine rings is 1. The number of aliphatic hydroxyl groups excluding tert-OH is 1. The zero-order chi connectivity index (χ0) is 13.2. The van der Waals surface area contributed by atoms with Gasteiger partial charge in [-0.2, -0.15) is 0 Å². The van der Waals surface area contributed by atoms with Crippen LogP contribution < -0.4 is 4.74 Å². The van der Waals surface area contributed by atoms with E-state index in [0.717, 1.165) is 31.9 Å². The third-order valence-electron chi connectivity index (χ3n) is 3.98. The molecule has 2 aliphatic rings. The molecule has 0 aromatic heterocycles. The van der Waals surface area contributed by atoms with Crippen molar-refractivity contribution >= 4 is 0 Å². The summed E-state index contributed by atoms with van der Waals surface area (Å²) in [6.45, 7) is 5.48. The lowest BCUT2D eigenvalue weighted by atomic mass is 10.1. The van der Waals surface area contributed by atoms with Crippen molar-refractivity contribution in [3.05, 3.63) is 29.3 Å². The van der Waals surface area contributed by atoms with Gasteiger partial charge in [0.1, 0.15) is 5.75 Å². The van der Waals surface area contributed by atoms with Crippen molar-refractivity contribution in [2.75, 3.05) is 26.4 Å². The summed E-state index contributed by atoms with van der Waals surface area (Å²) in [7, 11) is 0. The van der Waals surface area contributed by atoms with Crippen molar-refractivity contribution in [2.45, 2.75) is 32.0 Å². The van der Waals surface area contributed by atoms with Gasteiger partial charge in [-0.1, -0.05) is 12.1 Å². The van der Waals surface area contributed by atoms with Gasteiger partial charge in [-0.25, -0.2) is 0 Å². The minimum Gasteiger partial charge on any atom is -0.493 e. The van der Waals surface area contributed by atoms with E-state index in [1.165, 1.54) is 11.1 Å². The van der Waals surface area contributed by atoms with Gasteiger partial charge in [0.25, 0.3) is 0 Å². The summed E-state index contributed by atoms with van der Waals surface area (Å²) in [5, 5.41) is 9.22. The van der Waals surface area contributed by atoms with E-state index < -0.39 is 0 Å². The summed E-state index contributed by atoms with van der Waals surface area (Å²) >= 11 is 0. The molecular formula is C15H21NO3. The van der Waals surface area contributed by atoms with Crippen LogP contribution in [0.1, 0.15) is 18.1 Å². The Bertz CT molecular complexity index is 449. The number of fused-ring (bicyclic) bond motifs is 1. The lowest BCUT2D eigenvalue weighted by Crippen LogP contribution is -2.48. The fraction of sp³-hybridized carbons (Fsp3) is 0.600. The highest BCUT2D eigenvalue weighted by atomic mass is 16.5. The Morgan fingerprint density at radius 2 is 2.32 bits per heavy atom. The molecule has 2 heterocycles. The average molecular weight is 263 g/mol. The lowest BCUT2D eigenvalue weighted by molar-refractivity contribution is -0.0805. The van der Waals surface area contributed by atoms with Crippen LogP contribution in [-0.2, 0) is 17.7 Å². The quantitative estimate of drug-likeness (QED) is 0.890. The van der Waals surface area contributed by atoms with Crippen LogP contribution in [0.4, 0.5) is 0 Å². The second kappa shape index (κ2) is 5.49. The van der Waals surface area contributed by atoms with Crippen LogP contribution >= 0.6 is 0 Å². The van der Waals surface area contributed by atoms with Crippen LogP contribution in [0.15, 0.2) is 18.2 Å². The molecule has 2 unspecified atom stereocenters. The molecule has 0 aliphatic carbocycles. The van der Waals surface area contributed by atoms with Crippen molar-refractivity contribution < 1.29 is 14.6 Å². The largest absolute Gasteiger partial charge is 0.493 e. The minimum atomic E-state index is -0.0473. The number of ether oxygens (including phenoxy) is 2. The van der Waals surface area contributed by atoms with Crippen molar-refractivity contribution in [3.63, 3.8) is 0 Å². The molecule has 4 heteroatoms. The second-order valence-corrected chi connectivity index (χ2v) is 5.46. The van der Waals surface area contributed by atoms with Crippen molar-refractivity contribution in [3.8, 4) is 5.75 Å². The van der Waals surface area contributed by atoms with Gasteiger partial charge in [-0.15, -0.1) is 0 Å². The third kappa shape index (κ3) is 2.76. The first-order valence-corrected chi connectivity index (χ1v) is 6.97. The molecule has 2 aliphatic heterocycles. The van der Waals surface area contributed by atoms with Gasteiger partial charge in [-0.3, -0.25) is 4.90 Å². The molecule has 0 amide bonds. The van der Waals surface area contributed by atoms with E-state index in [1.54, 1.807) is 0 Å².